The fourth-order valence-electron chi connectivity index (χ4n) is 1.17. The summed E-state index contributed by atoms with van der Waals surface area (Å²) in [7, 11) is 0. The quantitative estimate of drug-likeness (QED) is 0.699. The molecule has 1 fully saturated rings. The molecule has 4 nitrogen and oxygen atoms in total. The topological polar surface area (TPSA) is 55.1 Å². The molecule has 2 heterocycles. The first kappa shape index (κ1) is 8.97. The third-order valence-corrected chi connectivity index (χ3v) is 2.08. The third kappa shape index (κ3) is 1.68. The van der Waals surface area contributed by atoms with Crippen LogP contribution in [0.5, 0.6) is 5.88 Å². The Kier molecular flexibility index (Phi) is 2.33. The number of ether oxygens (including phenoxy) is 2. The lowest BCUT2D eigenvalue weighted by Gasteiger charge is -2.26. The van der Waals surface area contributed by atoms with Crippen molar-refractivity contribution in [1.82, 2.24) is 4.98 Å². The van der Waals surface area contributed by atoms with E-state index in [2.05, 4.69) is 11.1 Å². The average molecular weight is 190 g/mol. The van der Waals surface area contributed by atoms with Crippen LogP contribution >= 0.6 is 0 Å². The van der Waals surface area contributed by atoms with Crippen LogP contribution in [0.2, 0.25) is 0 Å². The molecule has 0 saturated carbocycles. The van der Waals surface area contributed by atoms with Gasteiger partial charge in [-0.25, -0.2) is 4.98 Å². The van der Waals surface area contributed by atoms with Crippen molar-refractivity contribution in [3.8, 4) is 11.9 Å². The van der Waals surface area contributed by atoms with E-state index >= 15 is 0 Å². The molecule has 1 saturated heterocycles. The molecule has 2 rings (SSSR count). The largest absolute Gasteiger partial charge is 0.469 e. The SMILES string of the molecule is Cc1nc(OC2COC2)ccc1C#N. The normalized spacial score (nSPS) is 15.7. The Balaban J connectivity index is 2.12. The molecular weight excluding hydrogens is 180 g/mol. The van der Waals surface area contributed by atoms with Crippen LogP contribution in [0.1, 0.15) is 11.3 Å². The van der Waals surface area contributed by atoms with Crippen molar-refractivity contribution in [2.45, 2.75) is 13.0 Å². The second kappa shape index (κ2) is 3.64. The number of pyridine rings is 1. The first-order chi connectivity index (χ1) is 6.79. The Morgan fingerprint density at radius 1 is 1.57 bits per heavy atom. The highest BCUT2D eigenvalue weighted by molar-refractivity contribution is 5.34. The average Bonchev–Trinajstić information content (AvgIpc) is 2.12. The Morgan fingerprint density at radius 3 is 2.86 bits per heavy atom. The highest BCUT2D eigenvalue weighted by atomic mass is 16.6. The Morgan fingerprint density at radius 2 is 2.36 bits per heavy atom. The molecule has 72 valence electrons. The number of aryl methyl sites for hydroxylation is 1. The fourth-order valence-corrected chi connectivity index (χ4v) is 1.17. The molecule has 1 aromatic heterocycles. The van der Waals surface area contributed by atoms with Crippen molar-refractivity contribution in [3.63, 3.8) is 0 Å². The molecule has 0 atom stereocenters. The molecule has 0 aliphatic carbocycles. The zero-order valence-electron chi connectivity index (χ0n) is 7.86. The summed E-state index contributed by atoms with van der Waals surface area (Å²) in [5.41, 5.74) is 1.28. The van der Waals surface area contributed by atoms with E-state index in [1.807, 2.05) is 0 Å². The third-order valence-electron chi connectivity index (χ3n) is 2.08. The van der Waals surface area contributed by atoms with Crippen molar-refractivity contribution in [2.24, 2.45) is 0 Å². The molecule has 1 aliphatic rings. The smallest absolute Gasteiger partial charge is 0.213 e. The lowest BCUT2D eigenvalue weighted by molar-refractivity contribution is -0.0813. The summed E-state index contributed by atoms with van der Waals surface area (Å²) in [6, 6.07) is 5.49. The summed E-state index contributed by atoms with van der Waals surface area (Å²) in [5.74, 6) is 0.565. The van der Waals surface area contributed by atoms with E-state index in [9.17, 15) is 0 Å². The van der Waals surface area contributed by atoms with Crippen molar-refractivity contribution in [3.05, 3.63) is 23.4 Å². The number of rotatable bonds is 2. The number of hydrogen-bond donors (Lipinski definition) is 0. The van der Waals surface area contributed by atoms with Gasteiger partial charge in [0.1, 0.15) is 12.2 Å². The highest BCUT2D eigenvalue weighted by Crippen LogP contribution is 2.15. The van der Waals surface area contributed by atoms with E-state index in [0.29, 0.717) is 30.4 Å². The van der Waals surface area contributed by atoms with Crippen LogP contribution in [0, 0.1) is 18.3 Å². The predicted octanol–water partition coefficient (Wildman–Crippen LogP) is 1.04. The number of nitriles is 1. The second-order valence-corrected chi connectivity index (χ2v) is 3.17. The lowest BCUT2D eigenvalue weighted by Crippen LogP contribution is -2.38. The summed E-state index contributed by atoms with van der Waals surface area (Å²) in [6.45, 7) is 3.05. The summed E-state index contributed by atoms with van der Waals surface area (Å²) in [5, 5.41) is 8.70. The number of hydrogen-bond acceptors (Lipinski definition) is 4. The monoisotopic (exact) mass is 190 g/mol. The van der Waals surface area contributed by atoms with Gasteiger partial charge < -0.3 is 9.47 Å². The van der Waals surface area contributed by atoms with Gasteiger partial charge in [0.2, 0.25) is 5.88 Å². The minimum atomic E-state index is 0.120. The Hall–Kier alpha value is -1.60. The highest BCUT2D eigenvalue weighted by Gasteiger charge is 2.20. The summed E-state index contributed by atoms with van der Waals surface area (Å²) in [4.78, 5) is 4.17. The Labute approximate surface area is 82.1 Å². The first-order valence-corrected chi connectivity index (χ1v) is 4.42. The van der Waals surface area contributed by atoms with E-state index in [-0.39, 0.29) is 6.10 Å². The van der Waals surface area contributed by atoms with Crippen LogP contribution < -0.4 is 4.74 Å². The van der Waals surface area contributed by atoms with Crippen molar-refractivity contribution >= 4 is 0 Å². The zero-order valence-corrected chi connectivity index (χ0v) is 7.86. The standard InChI is InChI=1S/C10H10N2O2/c1-7-8(4-11)2-3-10(12-7)14-9-5-13-6-9/h2-3,9H,5-6H2,1H3. The van der Waals surface area contributed by atoms with E-state index < -0.39 is 0 Å². The minimum absolute atomic E-state index is 0.120. The maximum Gasteiger partial charge on any atom is 0.213 e. The minimum Gasteiger partial charge on any atom is -0.469 e. The van der Waals surface area contributed by atoms with Gasteiger partial charge in [-0.1, -0.05) is 0 Å². The summed E-state index contributed by atoms with van der Waals surface area (Å²) < 4.78 is 10.5. The van der Waals surface area contributed by atoms with E-state index in [0.717, 1.165) is 0 Å². The van der Waals surface area contributed by atoms with E-state index in [1.165, 1.54) is 0 Å². The predicted molar refractivity (Wildman–Crippen MR) is 48.9 cm³/mol. The van der Waals surface area contributed by atoms with Crippen molar-refractivity contribution < 1.29 is 9.47 Å². The fraction of sp³-hybridized carbons (Fsp3) is 0.400. The van der Waals surface area contributed by atoms with Crippen LogP contribution in [0.25, 0.3) is 0 Å². The molecule has 0 unspecified atom stereocenters. The zero-order chi connectivity index (χ0) is 9.97. The van der Waals surface area contributed by atoms with Crippen molar-refractivity contribution in [2.75, 3.05) is 13.2 Å². The van der Waals surface area contributed by atoms with Crippen LogP contribution in [0.3, 0.4) is 0 Å². The molecule has 0 radical (unpaired) electrons. The molecule has 14 heavy (non-hydrogen) atoms. The molecule has 0 aromatic carbocycles. The molecule has 4 heteroatoms. The van der Waals surface area contributed by atoms with Gasteiger partial charge in [-0.3, -0.25) is 0 Å². The first-order valence-electron chi connectivity index (χ1n) is 4.42. The van der Waals surface area contributed by atoms with Gasteiger partial charge in [-0.2, -0.15) is 5.26 Å². The van der Waals surface area contributed by atoms with Gasteiger partial charge in [0.05, 0.1) is 24.5 Å². The summed E-state index contributed by atoms with van der Waals surface area (Å²) in [6.07, 6.45) is 0.120. The molecule has 0 bridgehead atoms. The molecule has 0 amide bonds. The van der Waals surface area contributed by atoms with Gasteiger partial charge in [-0.15, -0.1) is 0 Å². The van der Waals surface area contributed by atoms with Gasteiger partial charge in [0.25, 0.3) is 0 Å². The van der Waals surface area contributed by atoms with Crippen LogP contribution in [-0.2, 0) is 4.74 Å². The molecule has 0 N–H and O–H groups in total. The molecule has 0 spiro atoms. The van der Waals surface area contributed by atoms with Gasteiger partial charge >= 0.3 is 0 Å². The molecular formula is C10H10N2O2. The van der Waals surface area contributed by atoms with Gasteiger partial charge in [-0.05, 0) is 13.0 Å². The maximum absolute atomic E-state index is 8.70. The van der Waals surface area contributed by atoms with Gasteiger partial charge in [0.15, 0.2) is 0 Å². The van der Waals surface area contributed by atoms with Crippen LogP contribution in [0.15, 0.2) is 12.1 Å². The van der Waals surface area contributed by atoms with Crippen LogP contribution in [-0.4, -0.2) is 24.3 Å². The number of aromatic nitrogens is 1. The maximum atomic E-state index is 8.70. The summed E-state index contributed by atoms with van der Waals surface area (Å²) >= 11 is 0. The van der Waals surface area contributed by atoms with Gasteiger partial charge in [0, 0.05) is 6.07 Å². The van der Waals surface area contributed by atoms with E-state index in [4.69, 9.17) is 14.7 Å². The number of nitrogens with zero attached hydrogens (tertiary/aromatic N) is 2. The Bertz CT molecular complexity index is 380. The van der Waals surface area contributed by atoms with E-state index in [1.54, 1.807) is 19.1 Å². The molecule has 1 aromatic rings. The lowest BCUT2D eigenvalue weighted by atomic mass is 10.2. The van der Waals surface area contributed by atoms with Crippen LogP contribution in [0.4, 0.5) is 0 Å². The second-order valence-electron chi connectivity index (χ2n) is 3.17. The molecule has 1 aliphatic heterocycles. The van der Waals surface area contributed by atoms with Crippen molar-refractivity contribution in [1.29, 1.82) is 5.26 Å².